The van der Waals surface area contributed by atoms with Crippen molar-refractivity contribution in [2.75, 3.05) is 0 Å². The molecule has 3 rings (SSSR count). The van der Waals surface area contributed by atoms with Gasteiger partial charge in [0.1, 0.15) is 6.33 Å². The Bertz CT molecular complexity index is 633. The van der Waals surface area contributed by atoms with Crippen LogP contribution in [0, 0.1) is 0 Å². The summed E-state index contributed by atoms with van der Waals surface area (Å²) in [5.74, 6) is 1.33. The van der Waals surface area contributed by atoms with E-state index in [0.717, 1.165) is 5.56 Å². The first-order valence-corrected chi connectivity index (χ1v) is 5.82. The molecule has 0 spiro atoms. The van der Waals surface area contributed by atoms with E-state index in [1.165, 1.54) is 6.33 Å². The summed E-state index contributed by atoms with van der Waals surface area (Å²) in [5.41, 5.74) is 7.12. The van der Waals surface area contributed by atoms with Crippen LogP contribution in [0.4, 0.5) is 0 Å². The molecule has 3 aromatic rings. The molecule has 1 aromatic carbocycles. The zero-order valence-electron chi connectivity index (χ0n) is 10.0. The number of nitrogens with one attached hydrogen (secondary N) is 1. The van der Waals surface area contributed by atoms with Gasteiger partial charge >= 0.3 is 0 Å². The molecule has 2 aromatic heterocycles. The van der Waals surface area contributed by atoms with Crippen molar-refractivity contribution in [1.29, 1.82) is 0 Å². The first kappa shape index (κ1) is 11.5. The Hall–Kier alpha value is -2.54. The van der Waals surface area contributed by atoms with Gasteiger partial charge in [0.05, 0.1) is 0 Å². The number of hydrogen-bond donors (Lipinski definition) is 2. The van der Waals surface area contributed by atoms with Crippen LogP contribution in [0.3, 0.4) is 0 Å². The van der Waals surface area contributed by atoms with Crippen molar-refractivity contribution in [1.82, 2.24) is 25.3 Å². The van der Waals surface area contributed by atoms with Crippen LogP contribution >= 0.6 is 0 Å². The van der Waals surface area contributed by atoms with Gasteiger partial charge in [0.15, 0.2) is 5.82 Å². The highest BCUT2D eigenvalue weighted by molar-refractivity contribution is 5.39. The monoisotopic (exact) mass is 256 g/mol. The van der Waals surface area contributed by atoms with Crippen LogP contribution in [0.25, 0.3) is 11.6 Å². The van der Waals surface area contributed by atoms with Crippen LogP contribution in [0.15, 0.2) is 41.2 Å². The summed E-state index contributed by atoms with van der Waals surface area (Å²) < 4.78 is 5.15. The van der Waals surface area contributed by atoms with E-state index in [4.69, 9.17) is 10.3 Å². The molecule has 0 saturated heterocycles. The van der Waals surface area contributed by atoms with Crippen LogP contribution in [0.1, 0.15) is 17.5 Å². The number of hydrogen-bond acceptors (Lipinski definition) is 6. The predicted molar refractivity (Wildman–Crippen MR) is 66.7 cm³/mol. The molecule has 0 aliphatic carbocycles. The summed E-state index contributed by atoms with van der Waals surface area (Å²) in [6.07, 6.45) is 1.87. The van der Waals surface area contributed by atoms with Crippen molar-refractivity contribution in [2.24, 2.45) is 5.73 Å². The molecule has 0 bridgehead atoms. The molecule has 0 saturated carbocycles. The average molecular weight is 256 g/mol. The zero-order valence-corrected chi connectivity index (χ0v) is 10.0. The summed E-state index contributed by atoms with van der Waals surface area (Å²) in [5, 5.41) is 10.2. The lowest BCUT2D eigenvalue weighted by Gasteiger charge is -2.08. The lowest BCUT2D eigenvalue weighted by atomic mass is 10.1. The van der Waals surface area contributed by atoms with Crippen LogP contribution in [0.5, 0.6) is 0 Å². The standard InChI is InChI=1S/C12H12N6O/c13-9(8-4-2-1-3-5-8)6-10-16-12(18-19-10)11-14-7-15-17-11/h1-5,7,9H,6,13H2,(H,14,15,17). The number of aromatic nitrogens is 5. The van der Waals surface area contributed by atoms with E-state index >= 15 is 0 Å². The third kappa shape index (κ3) is 2.50. The zero-order chi connectivity index (χ0) is 13.1. The Labute approximate surface area is 108 Å². The molecular formula is C12H12N6O. The lowest BCUT2D eigenvalue weighted by Crippen LogP contribution is -2.13. The highest BCUT2D eigenvalue weighted by Crippen LogP contribution is 2.16. The average Bonchev–Trinajstić information content (AvgIpc) is 3.10. The smallest absolute Gasteiger partial charge is 0.239 e. The predicted octanol–water partition coefficient (Wildman–Crippen LogP) is 1.10. The molecule has 0 amide bonds. The third-order valence-corrected chi connectivity index (χ3v) is 2.72. The summed E-state index contributed by atoms with van der Waals surface area (Å²) >= 11 is 0. The minimum atomic E-state index is -0.177. The topological polar surface area (TPSA) is 107 Å². The summed E-state index contributed by atoms with van der Waals surface area (Å²) in [6.45, 7) is 0. The minimum absolute atomic E-state index is 0.177. The van der Waals surface area contributed by atoms with E-state index in [2.05, 4.69) is 25.3 Å². The van der Waals surface area contributed by atoms with Crippen molar-refractivity contribution in [3.05, 3.63) is 48.1 Å². The third-order valence-electron chi connectivity index (χ3n) is 2.72. The molecular weight excluding hydrogens is 244 g/mol. The largest absolute Gasteiger partial charge is 0.339 e. The van der Waals surface area contributed by atoms with E-state index in [0.29, 0.717) is 24.0 Å². The Kier molecular flexibility index (Phi) is 3.03. The highest BCUT2D eigenvalue weighted by Gasteiger charge is 2.14. The summed E-state index contributed by atoms with van der Waals surface area (Å²) in [6, 6.07) is 9.61. The molecule has 0 aliphatic heterocycles. The number of rotatable bonds is 4. The number of benzene rings is 1. The van der Waals surface area contributed by atoms with Gasteiger partial charge in [-0.15, -0.1) is 0 Å². The first-order valence-electron chi connectivity index (χ1n) is 5.82. The van der Waals surface area contributed by atoms with Gasteiger partial charge in [-0.25, -0.2) is 4.98 Å². The van der Waals surface area contributed by atoms with Crippen molar-refractivity contribution in [2.45, 2.75) is 12.5 Å². The summed E-state index contributed by atoms with van der Waals surface area (Å²) in [4.78, 5) is 8.18. The normalized spacial score (nSPS) is 12.5. The molecule has 0 aliphatic rings. The van der Waals surface area contributed by atoms with Gasteiger partial charge in [-0.2, -0.15) is 10.1 Å². The van der Waals surface area contributed by atoms with Gasteiger partial charge in [-0.1, -0.05) is 35.5 Å². The Morgan fingerprint density at radius 3 is 2.84 bits per heavy atom. The molecule has 1 atom stereocenters. The van der Waals surface area contributed by atoms with E-state index < -0.39 is 0 Å². The molecule has 19 heavy (non-hydrogen) atoms. The minimum Gasteiger partial charge on any atom is -0.339 e. The second-order valence-corrected chi connectivity index (χ2v) is 4.07. The van der Waals surface area contributed by atoms with Crippen molar-refractivity contribution >= 4 is 0 Å². The van der Waals surface area contributed by atoms with Crippen LogP contribution in [-0.4, -0.2) is 25.3 Å². The van der Waals surface area contributed by atoms with Crippen LogP contribution < -0.4 is 5.73 Å². The SMILES string of the molecule is NC(Cc1nc(-c2ncn[nH]2)no1)c1ccccc1. The number of H-pyrrole nitrogens is 1. The maximum atomic E-state index is 6.09. The van der Waals surface area contributed by atoms with E-state index in [1.807, 2.05) is 30.3 Å². The van der Waals surface area contributed by atoms with Crippen molar-refractivity contribution in [3.63, 3.8) is 0 Å². The number of nitrogens with two attached hydrogens (primary N) is 1. The molecule has 96 valence electrons. The van der Waals surface area contributed by atoms with E-state index in [1.54, 1.807) is 0 Å². The van der Waals surface area contributed by atoms with Crippen molar-refractivity contribution < 1.29 is 4.52 Å². The molecule has 2 heterocycles. The molecule has 7 nitrogen and oxygen atoms in total. The van der Waals surface area contributed by atoms with E-state index in [9.17, 15) is 0 Å². The molecule has 0 fully saturated rings. The second-order valence-electron chi connectivity index (χ2n) is 4.07. The molecule has 7 heteroatoms. The molecule has 0 radical (unpaired) electrons. The summed E-state index contributed by atoms with van der Waals surface area (Å²) in [7, 11) is 0. The van der Waals surface area contributed by atoms with Gasteiger partial charge in [0.2, 0.25) is 11.7 Å². The number of nitrogens with zero attached hydrogens (tertiary/aromatic N) is 4. The Morgan fingerprint density at radius 1 is 1.26 bits per heavy atom. The highest BCUT2D eigenvalue weighted by atomic mass is 16.5. The van der Waals surface area contributed by atoms with Crippen LogP contribution in [0.2, 0.25) is 0 Å². The Morgan fingerprint density at radius 2 is 2.11 bits per heavy atom. The van der Waals surface area contributed by atoms with Gasteiger partial charge in [-0.05, 0) is 5.56 Å². The number of aromatic amines is 1. The fourth-order valence-corrected chi connectivity index (χ4v) is 1.75. The quantitative estimate of drug-likeness (QED) is 0.723. The second kappa shape index (κ2) is 4.99. The van der Waals surface area contributed by atoms with Crippen LogP contribution in [-0.2, 0) is 6.42 Å². The fourth-order valence-electron chi connectivity index (χ4n) is 1.75. The molecule has 3 N–H and O–H groups in total. The van der Waals surface area contributed by atoms with E-state index in [-0.39, 0.29) is 6.04 Å². The molecule has 1 unspecified atom stereocenters. The first-order chi connectivity index (χ1) is 9.33. The fraction of sp³-hybridized carbons (Fsp3) is 0.167. The maximum absolute atomic E-state index is 6.09. The Balaban J connectivity index is 1.74. The van der Waals surface area contributed by atoms with Crippen molar-refractivity contribution in [3.8, 4) is 11.6 Å². The van der Waals surface area contributed by atoms with Gasteiger partial charge < -0.3 is 10.3 Å². The van der Waals surface area contributed by atoms with Gasteiger partial charge in [-0.3, -0.25) is 5.10 Å². The lowest BCUT2D eigenvalue weighted by molar-refractivity contribution is 0.370. The maximum Gasteiger partial charge on any atom is 0.239 e. The van der Waals surface area contributed by atoms with Gasteiger partial charge in [0.25, 0.3) is 0 Å². The van der Waals surface area contributed by atoms with Gasteiger partial charge in [0, 0.05) is 12.5 Å².